The largest absolute Gasteiger partial charge is 0.464 e. The molecule has 1 unspecified atom stereocenters. The van der Waals surface area contributed by atoms with Crippen molar-refractivity contribution in [2.24, 2.45) is 16.5 Å². The molecule has 0 aromatic carbocycles. The van der Waals surface area contributed by atoms with Gasteiger partial charge in [0.15, 0.2) is 5.96 Å². The van der Waals surface area contributed by atoms with E-state index in [4.69, 9.17) is 11.5 Å². The van der Waals surface area contributed by atoms with E-state index in [0.717, 1.165) is 0 Å². The number of esters is 1. The number of guanidine groups is 1. The molecule has 0 bridgehead atoms. The Kier molecular flexibility index (Phi) is 3.88. The van der Waals surface area contributed by atoms with Crippen LogP contribution in [0, 0.1) is 0 Å². The third kappa shape index (κ3) is 3.47. The number of hydrogen-bond donors (Lipinski definition) is 3. The maximum atomic E-state index is 11.1. The number of ether oxygens (including phenoxy) is 1. The van der Waals surface area contributed by atoms with Gasteiger partial charge in [0, 0.05) is 0 Å². The Hall–Kier alpha value is -0.910. The van der Waals surface area contributed by atoms with E-state index in [1.54, 1.807) is 6.92 Å². The van der Waals surface area contributed by atoms with Crippen LogP contribution in [0.1, 0.15) is 13.8 Å². The maximum absolute atomic E-state index is 11.1. The molecule has 0 amide bonds. The number of carbonyl (C=O) groups excluding carboxylic acids is 1. The minimum absolute atomic E-state index is 0.194. The molecule has 6 heteroatoms. The van der Waals surface area contributed by atoms with Crippen molar-refractivity contribution < 1.29 is 9.53 Å². The van der Waals surface area contributed by atoms with Crippen LogP contribution in [0.3, 0.4) is 0 Å². The quantitative estimate of drug-likeness (QED) is 0.242. The highest BCUT2D eigenvalue weighted by Gasteiger charge is 2.29. The number of nitrogens with two attached hydrogens (primary N) is 2. The van der Waals surface area contributed by atoms with Crippen LogP contribution in [0.5, 0.6) is 0 Å². The lowest BCUT2D eigenvalue weighted by molar-refractivity contribution is -0.145. The molecule has 0 heterocycles. The van der Waals surface area contributed by atoms with Crippen LogP contribution in [0.15, 0.2) is 4.99 Å². The van der Waals surface area contributed by atoms with Crippen molar-refractivity contribution in [2.75, 3.05) is 6.61 Å². The van der Waals surface area contributed by atoms with Gasteiger partial charge in [-0.1, -0.05) is 0 Å². The summed E-state index contributed by atoms with van der Waals surface area (Å²) in [6.45, 7) is 3.42. The van der Waals surface area contributed by atoms with Gasteiger partial charge in [0.1, 0.15) is 0 Å². The van der Waals surface area contributed by atoms with Crippen molar-refractivity contribution in [1.29, 1.82) is 0 Å². The molecule has 0 rings (SSSR count). The molecule has 0 spiro atoms. The lowest BCUT2D eigenvalue weighted by Crippen LogP contribution is -2.35. The van der Waals surface area contributed by atoms with Gasteiger partial charge >= 0.3 is 5.97 Å². The standard InChI is InChI=1S/C6H13N3O2S/c1-3-11-4(10)6(2,12)9-5(7)8/h12H,3H2,1-2H3,(H4,7,8,9). The van der Waals surface area contributed by atoms with E-state index in [2.05, 4.69) is 22.4 Å². The molecule has 0 aromatic rings. The molecule has 0 aliphatic rings. The molecular weight excluding hydrogens is 178 g/mol. The highest BCUT2D eigenvalue weighted by Crippen LogP contribution is 2.16. The predicted octanol–water partition coefficient (Wildman–Crippen LogP) is -0.531. The lowest BCUT2D eigenvalue weighted by Gasteiger charge is -2.16. The molecule has 12 heavy (non-hydrogen) atoms. The molecule has 0 aromatic heterocycles. The van der Waals surface area contributed by atoms with E-state index in [-0.39, 0.29) is 12.6 Å². The molecule has 0 aliphatic heterocycles. The molecule has 0 fully saturated rings. The molecule has 70 valence electrons. The van der Waals surface area contributed by atoms with Crippen molar-refractivity contribution in [3.63, 3.8) is 0 Å². The minimum atomic E-state index is -1.30. The van der Waals surface area contributed by atoms with Gasteiger partial charge in [-0.05, 0) is 13.8 Å². The number of nitrogens with zero attached hydrogens (tertiary/aromatic N) is 1. The van der Waals surface area contributed by atoms with Gasteiger partial charge in [-0.25, -0.2) is 9.79 Å². The normalized spacial score (nSPS) is 14.6. The van der Waals surface area contributed by atoms with E-state index in [0.29, 0.717) is 0 Å². The van der Waals surface area contributed by atoms with E-state index in [1.165, 1.54) is 6.92 Å². The zero-order valence-electron chi connectivity index (χ0n) is 7.07. The van der Waals surface area contributed by atoms with Crippen molar-refractivity contribution in [1.82, 2.24) is 0 Å². The van der Waals surface area contributed by atoms with Crippen LogP contribution in [-0.4, -0.2) is 23.4 Å². The number of carbonyl (C=O) groups is 1. The highest BCUT2D eigenvalue weighted by molar-refractivity contribution is 7.82. The van der Waals surface area contributed by atoms with Gasteiger partial charge in [0.2, 0.25) is 4.87 Å². The Labute approximate surface area is 76.6 Å². The third-order valence-corrected chi connectivity index (χ3v) is 1.29. The number of aliphatic imine (C=N–C) groups is 1. The van der Waals surface area contributed by atoms with Crippen molar-refractivity contribution in [3.8, 4) is 0 Å². The van der Waals surface area contributed by atoms with Crippen LogP contribution in [-0.2, 0) is 9.53 Å². The van der Waals surface area contributed by atoms with Gasteiger partial charge in [-0.15, -0.1) is 12.6 Å². The van der Waals surface area contributed by atoms with Crippen LogP contribution in [0.2, 0.25) is 0 Å². The molecule has 0 saturated heterocycles. The topological polar surface area (TPSA) is 90.7 Å². The van der Waals surface area contributed by atoms with Crippen LogP contribution < -0.4 is 11.5 Å². The van der Waals surface area contributed by atoms with Gasteiger partial charge < -0.3 is 16.2 Å². The summed E-state index contributed by atoms with van der Waals surface area (Å²) < 4.78 is 4.67. The van der Waals surface area contributed by atoms with Gasteiger partial charge in [0.25, 0.3) is 0 Å². The summed E-state index contributed by atoms with van der Waals surface area (Å²) in [5.74, 6) is -0.762. The first kappa shape index (κ1) is 11.1. The van der Waals surface area contributed by atoms with Gasteiger partial charge in [-0.2, -0.15) is 0 Å². The smallest absolute Gasteiger partial charge is 0.344 e. The zero-order chi connectivity index (χ0) is 9.78. The average Bonchev–Trinajstić information content (AvgIpc) is 1.85. The third-order valence-electron chi connectivity index (χ3n) is 1.01. The fourth-order valence-corrected chi connectivity index (χ4v) is 0.745. The minimum Gasteiger partial charge on any atom is -0.464 e. The molecule has 4 N–H and O–H groups in total. The first-order valence-electron chi connectivity index (χ1n) is 3.40. The zero-order valence-corrected chi connectivity index (χ0v) is 7.97. The van der Waals surface area contributed by atoms with E-state index < -0.39 is 10.8 Å². The van der Waals surface area contributed by atoms with Gasteiger partial charge in [-0.3, -0.25) is 0 Å². The molecule has 0 aliphatic carbocycles. The summed E-state index contributed by atoms with van der Waals surface area (Å²) in [5, 5.41) is 0. The monoisotopic (exact) mass is 191 g/mol. The Morgan fingerprint density at radius 3 is 2.50 bits per heavy atom. The first-order valence-corrected chi connectivity index (χ1v) is 3.85. The summed E-state index contributed by atoms with van der Waals surface area (Å²) in [5.41, 5.74) is 10.2. The summed E-state index contributed by atoms with van der Waals surface area (Å²) in [4.78, 5) is 13.4. The van der Waals surface area contributed by atoms with Crippen LogP contribution >= 0.6 is 12.6 Å². The molecular formula is C6H13N3O2S. The Balaban J connectivity index is 4.39. The van der Waals surface area contributed by atoms with Crippen molar-refractivity contribution in [3.05, 3.63) is 0 Å². The second-order valence-electron chi connectivity index (χ2n) is 2.28. The second-order valence-corrected chi connectivity index (χ2v) is 3.15. The van der Waals surface area contributed by atoms with E-state index in [9.17, 15) is 4.79 Å². The van der Waals surface area contributed by atoms with Crippen molar-refractivity contribution in [2.45, 2.75) is 18.7 Å². The average molecular weight is 191 g/mol. The Bertz CT molecular complexity index is 199. The summed E-state index contributed by atoms with van der Waals surface area (Å²) in [6.07, 6.45) is 0. The number of thiol groups is 1. The Morgan fingerprint density at radius 2 is 2.17 bits per heavy atom. The molecule has 0 radical (unpaired) electrons. The molecule has 5 nitrogen and oxygen atoms in total. The van der Waals surface area contributed by atoms with Crippen LogP contribution in [0.4, 0.5) is 0 Å². The first-order chi connectivity index (χ1) is 5.40. The van der Waals surface area contributed by atoms with E-state index >= 15 is 0 Å². The highest BCUT2D eigenvalue weighted by atomic mass is 32.1. The maximum Gasteiger partial charge on any atom is 0.344 e. The van der Waals surface area contributed by atoms with E-state index in [1.807, 2.05) is 0 Å². The van der Waals surface area contributed by atoms with Crippen LogP contribution in [0.25, 0.3) is 0 Å². The second kappa shape index (κ2) is 4.20. The summed E-state index contributed by atoms with van der Waals surface area (Å²) >= 11 is 3.93. The number of hydrogen-bond acceptors (Lipinski definition) is 4. The number of rotatable bonds is 3. The summed E-state index contributed by atoms with van der Waals surface area (Å²) in [6, 6.07) is 0. The molecule has 0 saturated carbocycles. The fraction of sp³-hybridized carbons (Fsp3) is 0.667. The molecule has 1 atom stereocenters. The Morgan fingerprint density at radius 1 is 1.67 bits per heavy atom. The van der Waals surface area contributed by atoms with Crippen molar-refractivity contribution >= 4 is 24.6 Å². The predicted molar refractivity (Wildman–Crippen MR) is 49.8 cm³/mol. The SMILES string of the molecule is CCOC(=O)C(C)(S)N=C(N)N. The van der Waals surface area contributed by atoms with Gasteiger partial charge in [0.05, 0.1) is 6.61 Å². The fourth-order valence-electron chi connectivity index (χ4n) is 0.565. The lowest BCUT2D eigenvalue weighted by atomic mass is 10.3. The summed E-state index contributed by atoms with van der Waals surface area (Å²) in [7, 11) is 0.